The molecular weight excluding hydrogens is 246 g/mol. The molecule has 0 saturated heterocycles. The van der Waals surface area contributed by atoms with E-state index >= 15 is 0 Å². The van der Waals surface area contributed by atoms with Gasteiger partial charge in [-0.25, -0.2) is 0 Å². The number of rotatable bonds is 5. The molecule has 2 heterocycles. The SMILES string of the molecule is CC(Cc1ccoc1)NC(=O)/C=C/c1ccsc1. The third kappa shape index (κ3) is 3.89. The van der Waals surface area contributed by atoms with Gasteiger partial charge in [0.05, 0.1) is 12.5 Å². The second-order valence-corrected chi connectivity index (χ2v) is 4.92. The number of carbonyl (C=O) groups excluding carboxylic acids is 1. The summed E-state index contributed by atoms with van der Waals surface area (Å²) >= 11 is 1.61. The fraction of sp³-hybridized carbons (Fsp3) is 0.214. The Morgan fingerprint density at radius 1 is 1.56 bits per heavy atom. The van der Waals surface area contributed by atoms with Crippen LogP contribution in [0.1, 0.15) is 18.1 Å². The van der Waals surface area contributed by atoms with E-state index in [1.807, 2.05) is 35.9 Å². The molecule has 2 aromatic rings. The first-order chi connectivity index (χ1) is 8.74. The van der Waals surface area contributed by atoms with Gasteiger partial charge in [-0.15, -0.1) is 0 Å². The van der Waals surface area contributed by atoms with E-state index in [0.717, 1.165) is 17.5 Å². The first-order valence-electron chi connectivity index (χ1n) is 5.76. The second-order valence-electron chi connectivity index (χ2n) is 4.14. The molecule has 0 fully saturated rings. The Kier molecular flexibility index (Phi) is 4.36. The zero-order valence-electron chi connectivity index (χ0n) is 10.1. The maximum absolute atomic E-state index is 11.7. The molecule has 1 unspecified atom stereocenters. The maximum atomic E-state index is 11.7. The molecule has 4 heteroatoms. The van der Waals surface area contributed by atoms with E-state index in [1.54, 1.807) is 29.9 Å². The van der Waals surface area contributed by atoms with Crippen molar-refractivity contribution in [1.29, 1.82) is 0 Å². The van der Waals surface area contributed by atoms with Crippen LogP contribution in [-0.4, -0.2) is 11.9 Å². The van der Waals surface area contributed by atoms with Gasteiger partial charge in [0.1, 0.15) is 0 Å². The predicted octanol–water partition coefficient (Wildman–Crippen LogP) is 3.10. The summed E-state index contributed by atoms with van der Waals surface area (Å²) in [4.78, 5) is 11.7. The highest BCUT2D eigenvalue weighted by Crippen LogP contribution is 2.07. The van der Waals surface area contributed by atoms with Crippen LogP contribution in [0.4, 0.5) is 0 Å². The molecular formula is C14H15NO2S. The van der Waals surface area contributed by atoms with E-state index in [-0.39, 0.29) is 11.9 Å². The van der Waals surface area contributed by atoms with E-state index in [0.29, 0.717) is 0 Å². The molecule has 0 aliphatic rings. The highest BCUT2D eigenvalue weighted by atomic mass is 32.1. The van der Waals surface area contributed by atoms with E-state index in [4.69, 9.17) is 4.42 Å². The van der Waals surface area contributed by atoms with Crippen molar-refractivity contribution in [2.75, 3.05) is 0 Å². The van der Waals surface area contributed by atoms with E-state index in [2.05, 4.69) is 5.32 Å². The molecule has 0 aliphatic heterocycles. The van der Waals surface area contributed by atoms with Crippen molar-refractivity contribution in [3.8, 4) is 0 Å². The number of thiophene rings is 1. The molecule has 0 saturated carbocycles. The van der Waals surface area contributed by atoms with Crippen molar-refractivity contribution in [2.24, 2.45) is 0 Å². The van der Waals surface area contributed by atoms with Gasteiger partial charge in [0.2, 0.25) is 5.91 Å². The summed E-state index contributed by atoms with van der Waals surface area (Å²) < 4.78 is 4.99. The number of amides is 1. The Hall–Kier alpha value is -1.81. The largest absolute Gasteiger partial charge is 0.472 e. The van der Waals surface area contributed by atoms with Crippen molar-refractivity contribution in [3.05, 3.63) is 52.6 Å². The average Bonchev–Trinajstić information content (AvgIpc) is 2.98. The van der Waals surface area contributed by atoms with Crippen LogP contribution < -0.4 is 5.32 Å². The third-order valence-corrected chi connectivity index (χ3v) is 3.18. The first-order valence-corrected chi connectivity index (χ1v) is 6.70. The van der Waals surface area contributed by atoms with Gasteiger partial charge in [-0.1, -0.05) is 0 Å². The number of furan rings is 1. The second kappa shape index (κ2) is 6.21. The van der Waals surface area contributed by atoms with Crippen LogP contribution in [0.5, 0.6) is 0 Å². The molecule has 0 radical (unpaired) electrons. The van der Waals surface area contributed by atoms with Crippen molar-refractivity contribution in [3.63, 3.8) is 0 Å². The Morgan fingerprint density at radius 3 is 3.11 bits per heavy atom. The minimum absolute atomic E-state index is 0.0720. The fourth-order valence-electron chi connectivity index (χ4n) is 1.65. The summed E-state index contributed by atoms with van der Waals surface area (Å²) in [6, 6.07) is 3.97. The van der Waals surface area contributed by atoms with Gasteiger partial charge in [0.25, 0.3) is 0 Å². The van der Waals surface area contributed by atoms with Crippen LogP contribution >= 0.6 is 11.3 Å². The highest BCUT2D eigenvalue weighted by Gasteiger charge is 2.06. The smallest absolute Gasteiger partial charge is 0.244 e. The van der Waals surface area contributed by atoms with Crippen LogP contribution in [0.3, 0.4) is 0 Å². The van der Waals surface area contributed by atoms with Crippen molar-refractivity contribution < 1.29 is 9.21 Å². The number of hydrogen-bond acceptors (Lipinski definition) is 3. The topological polar surface area (TPSA) is 42.2 Å². The molecule has 1 N–H and O–H groups in total. The monoisotopic (exact) mass is 261 g/mol. The van der Waals surface area contributed by atoms with Crippen molar-refractivity contribution >= 4 is 23.3 Å². The molecule has 0 aromatic carbocycles. The summed E-state index contributed by atoms with van der Waals surface area (Å²) in [5.74, 6) is -0.0720. The fourth-order valence-corrected chi connectivity index (χ4v) is 2.27. The quantitative estimate of drug-likeness (QED) is 0.840. The van der Waals surface area contributed by atoms with Gasteiger partial charge in [0, 0.05) is 12.1 Å². The zero-order chi connectivity index (χ0) is 12.8. The summed E-state index contributed by atoms with van der Waals surface area (Å²) in [5, 5.41) is 6.90. The molecule has 3 nitrogen and oxygen atoms in total. The van der Waals surface area contributed by atoms with Gasteiger partial charge in [-0.3, -0.25) is 4.79 Å². The van der Waals surface area contributed by atoms with Gasteiger partial charge < -0.3 is 9.73 Å². The lowest BCUT2D eigenvalue weighted by Crippen LogP contribution is -2.32. The van der Waals surface area contributed by atoms with Crippen molar-refractivity contribution in [1.82, 2.24) is 5.32 Å². The maximum Gasteiger partial charge on any atom is 0.244 e. The van der Waals surface area contributed by atoms with Crippen LogP contribution in [0, 0.1) is 0 Å². The standard InChI is InChI=1S/C14H15NO2S/c1-11(8-13-4-6-17-9-13)15-14(16)3-2-12-5-7-18-10-12/h2-7,9-11H,8H2,1H3,(H,15,16)/b3-2+. The van der Waals surface area contributed by atoms with Crippen molar-refractivity contribution in [2.45, 2.75) is 19.4 Å². The van der Waals surface area contributed by atoms with E-state index in [1.165, 1.54) is 0 Å². The Balaban J connectivity index is 1.80. The molecule has 0 aliphatic carbocycles. The van der Waals surface area contributed by atoms with Crippen LogP contribution in [0.2, 0.25) is 0 Å². The molecule has 94 valence electrons. The lowest BCUT2D eigenvalue weighted by molar-refractivity contribution is -0.117. The molecule has 0 spiro atoms. The van der Waals surface area contributed by atoms with Gasteiger partial charge in [0.15, 0.2) is 0 Å². The number of carbonyl (C=O) groups is 1. The van der Waals surface area contributed by atoms with Gasteiger partial charge in [-0.2, -0.15) is 11.3 Å². The Bertz CT molecular complexity index is 500. The normalized spacial score (nSPS) is 12.7. The lowest BCUT2D eigenvalue weighted by atomic mass is 10.1. The summed E-state index contributed by atoms with van der Waals surface area (Å²) in [6.45, 7) is 1.98. The lowest BCUT2D eigenvalue weighted by Gasteiger charge is -2.10. The number of nitrogens with one attached hydrogen (secondary N) is 1. The minimum atomic E-state index is -0.0720. The molecule has 1 atom stereocenters. The first kappa shape index (κ1) is 12.6. The van der Waals surface area contributed by atoms with E-state index in [9.17, 15) is 4.79 Å². The van der Waals surface area contributed by atoms with Crippen LogP contribution in [-0.2, 0) is 11.2 Å². The highest BCUT2D eigenvalue weighted by molar-refractivity contribution is 7.08. The average molecular weight is 261 g/mol. The zero-order valence-corrected chi connectivity index (χ0v) is 10.9. The third-order valence-electron chi connectivity index (χ3n) is 2.48. The minimum Gasteiger partial charge on any atom is -0.472 e. The predicted molar refractivity (Wildman–Crippen MR) is 73.4 cm³/mol. The van der Waals surface area contributed by atoms with Gasteiger partial charge >= 0.3 is 0 Å². The molecule has 0 bridgehead atoms. The van der Waals surface area contributed by atoms with Crippen LogP contribution in [0.25, 0.3) is 6.08 Å². The molecule has 2 aromatic heterocycles. The molecule has 1 amide bonds. The van der Waals surface area contributed by atoms with Crippen LogP contribution in [0.15, 0.2) is 45.9 Å². The Morgan fingerprint density at radius 2 is 2.44 bits per heavy atom. The summed E-state index contributed by atoms with van der Waals surface area (Å²) in [7, 11) is 0. The summed E-state index contributed by atoms with van der Waals surface area (Å²) in [6.07, 6.45) is 7.49. The Labute approximate surface area is 110 Å². The molecule has 18 heavy (non-hydrogen) atoms. The number of hydrogen-bond donors (Lipinski definition) is 1. The molecule has 2 rings (SSSR count). The van der Waals surface area contributed by atoms with Gasteiger partial charge in [-0.05, 0) is 53.4 Å². The summed E-state index contributed by atoms with van der Waals surface area (Å²) in [5.41, 5.74) is 2.14. The van der Waals surface area contributed by atoms with E-state index < -0.39 is 0 Å².